The minimum absolute atomic E-state index is 0.0105. The molecule has 0 spiro atoms. The Bertz CT molecular complexity index is 1730. The van der Waals surface area contributed by atoms with E-state index in [0.29, 0.717) is 6.42 Å². The van der Waals surface area contributed by atoms with Crippen LogP contribution in [0.2, 0.25) is 10.0 Å². The summed E-state index contributed by atoms with van der Waals surface area (Å²) in [5, 5.41) is 14.9. The fraction of sp³-hybridized carbons (Fsp3) is 0.371. The zero-order valence-electron chi connectivity index (χ0n) is 27.3. The number of hydrogen-bond acceptors (Lipinski definition) is 8. The molecule has 5 atom stereocenters. The van der Waals surface area contributed by atoms with E-state index in [2.05, 4.69) is 10.6 Å². The topological polar surface area (TPSA) is 127 Å². The highest BCUT2D eigenvalue weighted by Crippen LogP contribution is 2.52. The number of nitrogens with one attached hydrogen (secondary N) is 3. The summed E-state index contributed by atoms with van der Waals surface area (Å²) in [6.45, 7) is 8.46. The maximum Gasteiger partial charge on any atom is 0.341 e. The van der Waals surface area contributed by atoms with Crippen LogP contribution >= 0.6 is 23.2 Å². The summed E-state index contributed by atoms with van der Waals surface area (Å²) >= 11 is 12.4. The molecule has 9 nitrogen and oxygen atoms in total. The van der Waals surface area contributed by atoms with E-state index in [1.165, 1.54) is 69.5 Å². The quantitative estimate of drug-likeness (QED) is 0.114. The van der Waals surface area contributed by atoms with E-state index in [1.807, 2.05) is 20.8 Å². The van der Waals surface area contributed by atoms with Gasteiger partial charge >= 0.3 is 11.9 Å². The molecule has 1 aliphatic rings. The van der Waals surface area contributed by atoms with Gasteiger partial charge in [0.15, 0.2) is 0 Å². The Labute approximate surface area is 287 Å². The van der Waals surface area contributed by atoms with Gasteiger partial charge in [-0.1, -0.05) is 62.2 Å². The van der Waals surface area contributed by atoms with Crippen molar-refractivity contribution in [3.8, 4) is 5.75 Å². The Morgan fingerprint density at radius 3 is 2.40 bits per heavy atom. The van der Waals surface area contributed by atoms with Gasteiger partial charge in [-0.3, -0.25) is 9.59 Å². The van der Waals surface area contributed by atoms with Crippen LogP contribution in [0.4, 0.5) is 14.5 Å². The van der Waals surface area contributed by atoms with E-state index in [0.717, 1.165) is 12.3 Å². The van der Waals surface area contributed by atoms with Crippen LogP contribution in [0.1, 0.15) is 68.4 Å². The highest BCUT2D eigenvalue weighted by Gasteiger charge is 2.59. The minimum atomic E-state index is -1.58. The van der Waals surface area contributed by atoms with Crippen molar-refractivity contribution in [2.45, 2.75) is 70.7 Å². The van der Waals surface area contributed by atoms with Gasteiger partial charge in [0.25, 0.3) is 0 Å². The molecule has 3 aromatic carbocycles. The van der Waals surface area contributed by atoms with Crippen LogP contribution in [0.15, 0.2) is 54.6 Å². The summed E-state index contributed by atoms with van der Waals surface area (Å²) in [5.74, 6) is -4.67. The number of halogens is 4. The first-order valence-electron chi connectivity index (χ1n) is 15.1. The van der Waals surface area contributed by atoms with Gasteiger partial charge in [-0.15, -0.1) is 0 Å². The van der Waals surface area contributed by atoms with Crippen molar-refractivity contribution in [3.63, 3.8) is 0 Å². The monoisotopic (exact) mass is 703 g/mol. The summed E-state index contributed by atoms with van der Waals surface area (Å²) in [4.78, 5) is 38.2. The van der Waals surface area contributed by atoms with Gasteiger partial charge in [0.2, 0.25) is 12.2 Å². The molecule has 0 aliphatic carbocycles. The molecule has 0 aromatic heterocycles. The molecule has 1 fully saturated rings. The standard InChI is InChI=1S/C35H37Cl2F2N3O6/c1-18(43)47-19(2)48-33(45)20-10-13-26(27(14-20)46-6)41-32(44)31-29(22-8-7-9-24(37)30(22)39)35(17-40,28(42-31)16-34(3,4)5)23-12-11-21(36)15-25(23)38/h7-15,17,19,28-29,31,40,42H,16H2,1-6H3,(H,41,44)/t19?,28-,29-,31+,35-/m0/s1. The highest BCUT2D eigenvalue weighted by atomic mass is 35.5. The normalized spacial score (nSPS) is 21.2. The van der Waals surface area contributed by atoms with Gasteiger partial charge in [0.05, 0.1) is 34.8 Å². The second-order valence-electron chi connectivity index (χ2n) is 12.8. The fourth-order valence-corrected chi connectivity index (χ4v) is 6.62. The van der Waals surface area contributed by atoms with Crippen LogP contribution in [-0.2, 0) is 24.5 Å². The van der Waals surface area contributed by atoms with Crippen LogP contribution in [0.25, 0.3) is 0 Å². The third-order valence-electron chi connectivity index (χ3n) is 8.16. The average molecular weight is 705 g/mol. The van der Waals surface area contributed by atoms with Crippen LogP contribution in [0, 0.1) is 22.5 Å². The molecule has 1 heterocycles. The van der Waals surface area contributed by atoms with Gasteiger partial charge in [-0.25, -0.2) is 13.6 Å². The number of esters is 2. The third-order valence-corrected chi connectivity index (χ3v) is 8.68. The molecule has 1 saturated heterocycles. The van der Waals surface area contributed by atoms with Crippen molar-refractivity contribution in [3.05, 3.63) is 93.0 Å². The summed E-state index contributed by atoms with van der Waals surface area (Å²) < 4.78 is 47.3. The lowest BCUT2D eigenvalue weighted by atomic mass is 9.62. The fourth-order valence-electron chi connectivity index (χ4n) is 6.28. The van der Waals surface area contributed by atoms with Crippen molar-refractivity contribution < 1.29 is 37.4 Å². The molecule has 0 saturated carbocycles. The zero-order valence-corrected chi connectivity index (χ0v) is 28.8. The highest BCUT2D eigenvalue weighted by molar-refractivity contribution is 6.31. The van der Waals surface area contributed by atoms with Crippen molar-refractivity contribution in [2.75, 3.05) is 12.4 Å². The molecule has 1 amide bonds. The van der Waals surface area contributed by atoms with Crippen molar-refractivity contribution >= 4 is 52.9 Å². The van der Waals surface area contributed by atoms with Crippen molar-refractivity contribution in [1.82, 2.24) is 5.32 Å². The first-order valence-corrected chi connectivity index (χ1v) is 15.8. The van der Waals surface area contributed by atoms with Crippen molar-refractivity contribution in [2.24, 2.45) is 5.41 Å². The summed E-state index contributed by atoms with van der Waals surface area (Å²) in [5.41, 5.74) is -1.67. The molecular weight excluding hydrogens is 667 g/mol. The van der Waals surface area contributed by atoms with E-state index in [-0.39, 0.29) is 43.6 Å². The molecule has 256 valence electrons. The lowest BCUT2D eigenvalue weighted by Gasteiger charge is -2.40. The number of carbonyl (C=O) groups is 3. The summed E-state index contributed by atoms with van der Waals surface area (Å²) in [7, 11) is 1.34. The Hall–Kier alpha value is -4.06. The van der Waals surface area contributed by atoms with E-state index in [4.69, 9.17) is 42.8 Å². The average Bonchev–Trinajstić information content (AvgIpc) is 3.31. The number of methoxy groups -OCH3 is 1. The number of hydrogen-bond donors (Lipinski definition) is 3. The number of rotatable bonds is 10. The number of amides is 1. The third kappa shape index (κ3) is 7.64. The van der Waals surface area contributed by atoms with Crippen LogP contribution < -0.4 is 15.4 Å². The first kappa shape index (κ1) is 36.8. The lowest BCUT2D eigenvalue weighted by molar-refractivity contribution is -0.162. The van der Waals surface area contributed by atoms with E-state index < -0.39 is 59.2 Å². The van der Waals surface area contributed by atoms with E-state index in [1.54, 1.807) is 0 Å². The largest absolute Gasteiger partial charge is 0.495 e. The van der Waals surface area contributed by atoms with Crippen LogP contribution in [-0.4, -0.2) is 49.5 Å². The second kappa shape index (κ2) is 14.6. The molecule has 3 aromatic rings. The molecular formula is C35H37Cl2F2N3O6. The number of benzene rings is 3. The Morgan fingerprint density at radius 1 is 1.08 bits per heavy atom. The summed E-state index contributed by atoms with van der Waals surface area (Å²) in [6.07, 6.45) is 0.288. The lowest BCUT2D eigenvalue weighted by Crippen LogP contribution is -2.46. The Morgan fingerprint density at radius 2 is 1.79 bits per heavy atom. The number of anilines is 1. The molecule has 0 radical (unpaired) electrons. The predicted molar refractivity (Wildman–Crippen MR) is 179 cm³/mol. The predicted octanol–water partition coefficient (Wildman–Crippen LogP) is 7.43. The SMILES string of the molecule is COc1cc(C(=O)OC(C)OC(C)=O)ccc1NC(=O)[C@@H]1N[C@@H](CC(C)(C)C)[C@](C=N)(c2ccc(Cl)cc2F)[C@H]1c1cccc(Cl)c1F. The van der Waals surface area contributed by atoms with Gasteiger partial charge in [-0.2, -0.15) is 0 Å². The Balaban J connectivity index is 1.82. The van der Waals surface area contributed by atoms with Gasteiger partial charge < -0.3 is 30.3 Å². The molecule has 3 N–H and O–H groups in total. The molecule has 13 heteroatoms. The minimum Gasteiger partial charge on any atom is -0.495 e. The van der Waals surface area contributed by atoms with Gasteiger partial charge in [0.1, 0.15) is 17.4 Å². The Kier molecular flexibility index (Phi) is 11.2. The van der Waals surface area contributed by atoms with Gasteiger partial charge in [-0.05, 0) is 53.8 Å². The van der Waals surface area contributed by atoms with Crippen LogP contribution in [0.5, 0.6) is 5.75 Å². The maximum atomic E-state index is 16.0. The molecule has 0 bridgehead atoms. The smallest absolute Gasteiger partial charge is 0.341 e. The van der Waals surface area contributed by atoms with Crippen molar-refractivity contribution in [1.29, 1.82) is 5.41 Å². The van der Waals surface area contributed by atoms with Crippen LogP contribution in [0.3, 0.4) is 0 Å². The first-order chi connectivity index (χ1) is 22.5. The number of ether oxygens (including phenoxy) is 3. The zero-order chi connectivity index (χ0) is 35.6. The number of carbonyl (C=O) groups excluding carboxylic acids is 3. The molecule has 48 heavy (non-hydrogen) atoms. The second-order valence-corrected chi connectivity index (χ2v) is 13.6. The van der Waals surface area contributed by atoms with E-state index >= 15 is 8.78 Å². The molecule has 1 aliphatic heterocycles. The van der Waals surface area contributed by atoms with E-state index in [9.17, 15) is 14.4 Å². The van der Waals surface area contributed by atoms with Gasteiger partial charge in [0, 0.05) is 42.6 Å². The molecule has 1 unspecified atom stereocenters. The maximum absolute atomic E-state index is 16.0. The molecule has 4 rings (SSSR count). The summed E-state index contributed by atoms with van der Waals surface area (Å²) in [6, 6.07) is 10.6.